The maximum atomic E-state index is 14.5. The monoisotopic (exact) mass is 421 g/mol. The maximum absolute atomic E-state index is 14.5. The highest BCUT2D eigenvalue weighted by atomic mass is 19.1. The number of hydrogen-bond donors (Lipinski definition) is 1. The first-order valence-corrected chi connectivity index (χ1v) is 9.79. The molecule has 0 bridgehead atoms. The quantitative estimate of drug-likeness (QED) is 0.617. The van der Waals surface area contributed by atoms with Crippen molar-refractivity contribution in [2.75, 3.05) is 5.32 Å². The van der Waals surface area contributed by atoms with Crippen LogP contribution in [0.3, 0.4) is 0 Å². The molecule has 1 aliphatic heterocycles. The van der Waals surface area contributed by atoms with E-state index < -0.39 is 29.6 Å². The molecule has 0 spiro atoms. The predicted molar refractivity (Wildman–Crippen MR) is 110 cm³/mol. The van der Waals surface area contributed by atoms with Gasteiger partial charge in [-0.1, -0.05) is 26.0 Å². The lowest BCUT2D eigenvalue weighted by Crippen LogP contribution is -2.47. The second-order valence-corrected chi connectivity index (χ2v) is 7.67. The molecular weight excluding hydrogens is 401 g/mol. The molecule has 2 aromatic carbocycles. The first kappa shape index (κ1) is 20.4. The van der Waals surface area contributed by atoms with Crippen LogP contribution in [0.4, 0.5) is 10.1 Å². The van der Waals surface area contributed by atoms with Crippen LogP contribution < -0.4 is 5.32 Å². The van der Waals surface area contributed by atoms with Crippen molar-refractivity contribution >= 4 is 23.4 Å². The summed E-state index contributed by atoms with van der Waals surface area (Å²) in [6.45, 7) is 3.79. The van der Waals surface area contributed by atoms with E-state index in [-0.39, 0.29) is 34.8 Å². The normalized spacial score (nSPS) is 14.1. The van der Waals surface area contributed by atoms with Gasteiger partial charge in [0.2, 0.25) is 5.91 Å². The first-order chi connectivity index (χ1) is 14.9. The van der Waals surface area contributed by atoms with Gasteiger partial charge < -0.3 is 5.32 Å². The Labute approximate surface area is 177 Å². The van der Waals surface area contributed by atoms with E-state index in [1.54, 1.807) is 24.3 Å². The van der Waals surface area contributed by atoms with E-state index in [2.05, 4.69) is 15.4 Å². The zero-order valence-electron chi connectivity index (χ0n) is 16.9. The molecule has 31 heavy (non-hydrogen) atoms. The van der Waals surface area contributed by atoms with E-state index in [0.717, 1.165) is 11.0 Å². The number of imide groups is 1. The lowest BCUT2D eigenvalue weighted by atomic mass is 10.0. The number of nitrogens with zero attached hydrogens (tertiary/aromatic N) is 4. The summed E-state index contributed by atoms with van der Waals surface area (Å²) in [6.07, 6.45) is 2.92. The van der Waals surface area contributed by atoms with Crippen molar-refractivity contribution in [1.82, 2.24) is 19.7 Å². The molecule has 0 radical (unpaired) electrons. The number of benzene rings is 2. The molecular formula is C22H20FN5O3. The Balaban J connectivity index is 1.59. The number of anilines is 1. The molecule has 9 heteroatoms. The summed E-state index contributed by atoms with van der Waals surface area (Å²) in [4.78, 5) is 43.6. The molecule has 1 atom stereocenters. The van der Waals surface area contributed by atoms with Gasteiger partial charge in [-0.3, -0.25) is 19.3 Å². The van der Waals surface area contributed by atoms with E-state index in [1.165, 1.54) is 29.5 Å². The van der Waals surface area contributed by atoms with E-state index in [0.29, 0.717) is 0 Å². The second kappa shape index (κ2) is 8.10. The zero-order valence-corrected chi connectivity index (χ0v) is 16.9. The highest BCUT2D eigenvalue weighted by molar-refractivity contribution is 6.23. The summed E-state index contributed by atoms with van der Waals surface area (Å²) in [7, 11) is 0. The number of amides is 3. The van der Waals surface area contributed by atoms with Crippen LogP contribution in [0.5, 0.6) is 0 Å². The lowest BCUT2D eigenvalue weighted by molar-refractivity contribution is -0.120. The van der Waals surface area contributed by atoms with Gasteiger partial charge in [0, 0.05) is 5.69 Å². The van der Waals surface area contributed by atoms with Crippen molar-refractivity contribution in [3.63, 3.8) is 0 Å². The third-order valence-corrected chi connectivity index (χ3v) is 5.02. The first-order valence-electron chi connectivity index (χ1n) is 9.79. The minimum absolute atomic E-state index is 0.0338. The molecule has 3 aromatic rings. The van der Waals surface area contributed by atoms with Crippen LogP contribution in [0.1, 0.15) is 41.0 Å². The molecule has 3 amide bonds. The fourth-order valence-electron chi connectivity index (χ4n) is 3.60. The van der Waals surface area contributed by atoms with Crippen LogP contribution in [-0.2, 0) is 4.79 Å². The average Bonchev–Trinajstić information content (AvgIpc) is 3.34. The molecule has 1 N–H and O–H groups in total. The lowest BCUT2D eigenvalue weighted by Gasteiger charge is -2.26. The summed E-state index contributed by atoms with van der Waals surface area (Å²) in [6, 6.07) is 9.59. The number of hydrogen-bond acceptors (Lipinski definition) is 5. The molecule has 158 valence electrons. The Morgan fingerprint density at radius 3 is 2.32 bits per heavy atom. The summed E-state index contributed by atoms with van der Waals surface area (Å²) < 4.78 is 15.8. The van der Waals surface area contributed by atoms with Gasteiger partial charge in [-0.25, -0.2) is 14.1 Å². The summed E-state index contributed by atoms with van der Waals surface area (Å²) in [5, 5.41) is 6.52. The average molecular weight is 421 g/mol. The standard InChI is InChI=1S/C22H20FN5O3/c1-13(2)9-19(28-21(30)15-5-3-4-6-16(15)22(28)31)20(29)26-14-7-8-18(17(23)10-14)27-12-24-11-25-27/h3-8,10-13,19H,9H2,1-2H3,(H,26,29). The fourth-order valence-corrected chi connectivity index (χ4v) is 3.60. The summed E-state index contributed by atoms with van der Waals surface area (Å²) in [5.74, 6) is -2.14. The smallest absolute Gasteiger partial charge is 0.262 e. The highest BCUT2D eigenvalue weighted by Crippen LogP contribution is 2.28. The Bertz CT molecular complexity index is 1120. The minimum atomic E-state index is -1.02. The second-order valence-electron chi connectivity index (χ2n) is 7.67. The molecule has 0 saturated carbocycles. The van der Waals surface area contributed by atoms with Crippen molar-refractivity contribution in [3.8, 4) is 5.69 Å². The van der Waals surface area contributed by atoms with Crippen LogP contribution in [-0.4, -0.2) is 43.4 Å². The molecule has 1 unspecified atom stereocenters. The van der Waals surface area contributed by atoms with Gasteiger partial charge in [0.15, 0.2) is 5.82 Å². The van der Waals surface area contributed by atoms with Gasteiger partial charge in [-0.2, -0.15) is 5.10 Å². The van der Waals surface area contributed by atoms with Crippen LogP contribution in [0.25, 0.3) is 5.69 Å². The Morgan fingerprint density at radius 2 is 1.77 bits per heavy atom. The van der Waals surface area contributed by atoms with Gasteiger partial charge in [-0.15, -0.1) is 0 Å². The molecule has 1 aliphatic rings. The number of nitrogens with one attached hydrogen (secondary N) is 1. The van der Waals surface area contributed by atoms with Crippen LogP contribution >= 0.6 is 0 Å². The number of aromatic nitrogens is 3. The predicted octanol–water partition coefficient (Wildman–Crippen LogP) is 3.06. The van der Waals surface area contributed by atoms with Gasteiger partial charge in [0.05, 0.1) is 11.1 Å². The van der Waals surface area contributed by atoms with Gasteiger partial charge in [-0.05, 0) is 42.7 Å². The highest BCUT2D eigenvalue weighted by Gasteiger charge is 2.42. The Hall–Kier alpha value is -3.88. The van der Waals surface area contributed by atoms with Crippen LogP contribution in [0.2, 0.25) is 0 Å². The van der Waals surface area contributed by atoms with Crippen LogP contribution in [0, 0.1) is 11.7 Å². The van der Waals surface area contributed by atoms with Crippen molar-refractivity contribution in [1.29, 1.82) is 0 Å². The van der Waals surface area contributed by atoms with E-state index in [1.807, 2.05) is 13.8 Å². The number of fused-ring (bicyclic) bond motifs is 1. The van der Waals surface area contributed by atoms with E-state index in [4.69, 9.17) is 0 Å². The van der Waals surface area contributed by atoms with E-state index >= 15 is 0 Å². The SMILES string of the molecule is CC(C)CC(C(=O)Nc1ccc(-n2cncn2)c(F)c1)N1C(=O)c2ccccc2C1=O. The minimum Gasteiger partial charge on any atom is -0.324 e. The molecule has 0 fully saturated rings. The van der Waals surface area contributed by atoms with Crippen LogP contribution in [0.15, 0.2) is 55.1 Å². The Kier molecular flexibility index (Phi) is 5.33. The van der Waals surface area contributed by atoms with Gasteiger partial charge >= 0.3 is 0 Å². The Morgan fingerprint density at radius 1 is 1.10 bits per heavy atom. The van der Waals surface area contributed by atoms with Crippen molar-refractivity contribution in [3.05, 3.63) is 72.1 Å². The van der Waals surface area contributed by atoms with Gasteiger partial charge in [0.1, 0.15) is 24.4 Å². The largest absolute Gasteiger partial charge is 0.324 e. The molecule has 0 saturated heterocycles. The fraction of sp³-hybridized carbons (Fsp3) is 0.227. The number of carbonyl (C=O) groups is 3. The summed E-state index contributed by atoms with van der Waals surface area (Å²) in [5.41, 5.74) is 0.931. The zero-order chi connectivity index (χ0) is 22.1. The molecule has 0 aliphatic carbocycles. The topological polar surface area (TPSA) is 97.2 Å². The number of carbonyl (C=O) groups excluding carboxylic acids is 3. The third kappa shape index (κ3) is 3.81. The van der Waals surface area contributed by atoms with Crippen molar-refractivity contribution in [2.24, 2.45) is 5.92 Å². The van der Waals surface area contributed by atoms with Crippen molar-refractivity contribution in [2.45, 2.75) is 26.3 Å². The third-order valence-electron chi connectivity index (χ3n) is 5.02. The molecule has 2 heterocycles. The van der Waals surface area contributed by atoms with Gasteiger partial charge in [0.25, 0.3) is 11.8 Å². The summed E-state index contributed by atoms with van der Waals surface area (Å²) >= 11 is 0. The number of rotatable bonds is 6. The molecule has 4 rings (SSSR count). The van der Waals surface area contributed by atoms with E-state index in [9.17, 15) is 18.8 Å². The van der Waals surface area contributed by atoms with Crippen molar-refractivity contribution < 1.29 is 18.8 Å². The number of halogens is 1. The molecule has 8 nitrogen and oxygen atoms in total. The maximum Gasteiger partial charge on any atom is 0.262 e. The molecule has 1 aromatic heterocycles.